The Bertz CT molecular complexity index is 647. The third kappa shape index (κ3) is 15.7. The maximum absolute atomic E-state index is 10.3. The quantitative estimate of drug-likeness (QED) is 0.0321. The molecular weight excluding hydrogens is 594 g/mol. The fourth-order valence-electron chi connectivity index (χ4n) is 3.62. The third-order valence-electron chi connectivity index (χ3n) is 7.34. The van der Waals surface area contributed by atoms with Crippen molar-refractivity contribution in [2.75, 3.05) is 112 Å². The summed E-state index contributed by atoms with van der Waals surface area (Å²) in [5.74, 6) is 0. The smallest absolute Gasteiger partial charge is 0.162 e. The van der Waals surface area contributed by atoms with Crippen molar-refractivity contribution in [3.63, 3.8) is 0 Å². The Morgan fingerprint density at radius 1 is 0.500 bits per heavy atom. The summed E-state index contributed by atoms with van der Waals surface area (Å²) in [7, 11) is 0. The summed E-state index contributed by atoms with van der Waals surface area (Å²) < 4.78 is 17.2. The fourth-order valence-corrected chi connectivity index (χ4v) is 3.62. The van der Waals surface area contributed by atoms with Crippen LogP contribution in [-0.4, -0.2) is 209 Å². The maximum Gasteiger partial charge on any atom is 0.162 e. The van der Waals surface area contributed by atoms with Gasteiger partial charge in [0, 0.05) is 25.0 Å². The van der Waals surface area contributed by atoms with Gasteiger partial charge in [0.25, 0.3) is 0 Å². The van der Waals surface area contributed by atoms with E-state index in [1.165, 1.54) is 0 Å². The highest BCUT2D eigenvalue weighted by Gasteiger charge is 2.33. The van der Waals surface area contributed by atoms with Gasteiger partial charge in [-0.2, -0.15) is 0 Å². The molecule has 0 amide bonds. The molecule has 44 heavy (non-hydrogen) atoms. The molecule has 3 unspecified atom stereocenters. The monoisotopic (exact) mass is 651 g/mol. The van der Waals surface area contributed by atoms with Gasteiger partial charge in [-0.05, 0) is 6.42 Å². The SMILES string of the molecule is CCC(COCC(O)CNC(O)(CO)CO)(COCC(O)CNC(CO)(CO)CO)COCC(O)CNC(CO)(CO)CO. The van der Waals surface area contributed by atoms with Crippen molar-refractivity contribution in [1.82, 2.24) is 16.0 Å². The zero-order valence-corrected chi connectivity index (χ0v) is 25.6. The summed E-state index contributed by atoms with van der Waals surface area (Å²) in [5, 5.41) is 123. The fraction of sp³-hybridized carbons (Fsp3) is 1.00. The number of aliphatic hydroxyl groups is 12. The molecule has 0 bridgehead atoms. The van der Waals surface area contributed by atoms with E-state index < -0.39 is 93.4 Å². The number of hydrogen-bond donors (Lipinski definition) is 15. The van der Waals surface area contributed by atoms with Crippen LogP contribution in [0.5, 0.6) is 0 Å². The first kappa shape index (κ1) is 43.3. The zero-order valence-electron chi connectivity index (χ0n) is 25.6. The van der Waals surface area contributed by atoms with Crippen LogP contribution in [0.3, 0.4) is 0 Å². The largest absolute Gasteiger partial charge is 0.394 e. The number of ether oxygens (including phenoxy) is 3. The lowest BCUT2D eigenvalue weighted by Crippen LogP contribution is -2.57. The van der Waals surface area contributed by atoms with Crippen LogP contribution in [0.15, 0.2) is 0 Å². The molecule has 0 aromatic carbocycles. The van der Waals surface area contributed by atoms with E-state index in [1.54, 1.807) is 0 Å². The molecule has 0 saturated carbocycles. The van der Waals surface area contributed by atoms with Crippen molar-refractivity contribution >= 4 is 0 Å². The molecule has 0 aliphatic heterocycles. The first-order valence-corrected chi connectivity index (χ1v) is 14.5. The second-order valence-electron chi connectivity index (χ2n) is 11.4. The van der Waals surface area contributed by atoms with E-state index in [1.807, 2.05) is 6.92 Å². The minimum atomic E-state index is -1.97. The van der Waals surface area contributed by atoms with Crippen LogP contribution >= 0.6 is 0 Å². The van der Waals surface area contributed by atoms with Gasteiger partial charge in [0.05, 0.1) is 122 Å². The van der Waals surface area contributed by atoms with Gasteiger partial charge < -0.3 is 86.1 Å². The standard InChI is InChI=1S/C26H57N3O15/c1-2-23(19-44-8-22(40)5-29-26(41,15-36)16-37,17-42-6-20(38)3-27-24(9-30,10-31)11-32)18-43-7-21(39)4-28-25(12-33,13-34)14-35/h20-22,27-41H,2-19H2,1H3. The number of rotatable bonds is 30. The van der Waals surface area contributed by atoms with Crippen molar-refractivity contribution in [2.45, 2.75) is 48.5 Å². The number of nitrogens with one attached hydrogen (secondary N) is 3. The summed E-state index contributed by atoms with van der Waals surface area (Å²) in [6, 6.07) is 0. The van der Waals surface area contributed by atoms with Gasteiger partial charge in [-0.15, -0.1) is 0 Å². The molecule has 0 aliphatic carbocycles. The lowest BCUT2D eigenvalue weighted by Gasteiger charge is -2.34. The molecule has 0 aromatic heterocycles. The molecule has 0 spiro atoms. The number of aliphatic hydroxyl groups excluding tert-OH is 11. The van der Waals surface area contributed by atoms with Gasteiger partial charge >= 0.3 is 0 Å². The zero-order chi connectivity index (χ0) is 33.7. The summed E-state index contributed by atoms with van der Waals surface area (Å²) in [6.07, 6.45) is -2.88. The predicted octanol–water partition coefficient (Wildman–Crippen LogP) is -7.61. The molecule has 266 valence electrons. The van der Waals surface area contributed by atoms with E-state index in [9.17, 15) is 51.1 Å². The Balaban J connectivity index is 5.21. The van der Waals surface area contributed by atoms with Gasteiger partial charge in [0.15, 0.2) is 5.72 Å². The molecule has 0 radical (unpaired) electrons. The van der Waals surface area contributed by atoms with Gasteiger partial charge in [-0.25, -0.2) is 0 Å². The lowest BCUT2D eigenvalue weighted by molar-refractivity contribution is -0.106. The average molecular weight is 652 g/mol. The van der Waals surface area contributed by atoms with Gasteiger partial charge in [-0.3, -0.25) is 5.32 Å². The summed E-state index contributed by atoms with van der Waals surface area (Å²) in [4.78, 5) is 0. The molecule has 0 heterocycles. The summed E-state index contributed by atoms with van der Waals surface area (Å²) >= 11 is 0. The minimum absolute atomic E-state index is 0.00812. The van der Waals surface area contributed by atoms with E-state index in [-0.39, 0.29) is 59.3 Å². The molecule has 18 heteroatoms. The molecule has 3 atom stereocenters. The maximum atomic E-state index is 10.3. The van der Waals surface area contributed by atoms with Crippen LogP contribution in [0.4, 0.5) is 0 Å². The molecular formula is C26H57N3O15. The average Bonchev–Trinajstić information content (AvgIpc) is 3.05. The van der Waals surface area contributed by atoms with Gasteiger partial charge in [0.2, 0.25) is 0 Å². The molecule has 0 fully saturated rings. The summed E-state index contributed by atoms with van der Waals surface area (Å²) in [6.45, 7) is -4.18. The predicted molar refractivity (Wildman–Crippen MR) is 154 cm³/mol. The topological polar surface area (TPSA) is 307 Å². The van der Waals surface area contributed by atoms with Gasteiger partial charge in [0.1, 0.15) is 0 Å². The normalized spacial score (nSPS) is 16.6. The number of β-amino-alcohol motifs (C(OH)–C–C–N with tert-alkyl or cyclic N) is 2. The van der Waals surface area contributed by atoms with Crippen molar-refractivity contribution in [2.24, 2.45) is 5.41 Å². The Kier molecular flexibility index (Phi) is 22.4. The Hall–Kier alpha value is -0.720. The van der Waals surface area contributed by atoms with Gasteiger partial charge in [-0.1, -0.05) is 6.92 Å². The van der Waals surface area contributed by atoms with Crippen molar-refractivity contribution in [3.8, 4) is 0 Å². The first-order valence-electron chi connectivity index (χ1n) is 14.5. The third-order valence-corrected chi connectivity index (χ3v) is 7.34. The second-order valence-corrected chi connectivity index (χ2v) is 11.4. The van der Waals surface area contributed by atoms with Crippen molar-refractivity contribution in [3.05, 3.63) is 0 Å². The molecule has 15 N–H and O–H groups in total. The summed E-state index contributed by atoms with van der Waals surface area (Å²) in [5.41, 5.74) is -5.58. The highest BCUT2D eigenvalue weighted by atomic mass is 16.5. The van der Waals surface area contributed by atoms with E-state index in [0.717, 1.165) is 0 Å². The van der Waals surface area contributed by atoms with Crippen molar-refractivity contribution < 1.29 is 75.5 Å². The molecule has 0 aliphatic rings. The second kappa shape index (κ2) is 22.7. The van der Waals surface area contributed by atoms with Crippen molar-refractivity contribution in [1.29, 1.82) is 0 Å². The van der Waals surface area contributed by atoms with Crippen LogP contribution < -0.4 is 16.0 Å². The van der Waals surface area contributed by atoms with E-state index in [0.29, 0.717) is 6.42 Å². The first-order chi connectivity index (χ1) is 20.8. The minimum Gasteiger partial charge on any atom is -0.394 e. The Labute approximate surface area is 257 Å². The van der Waals surface area contributed by atoms with Crippen LogP contribution in [0.2, 0.25) is 0 Å². The van der Waals surface area contributed by atoms with E-state index >= 15 is 0 Å². The van der Waals surface area contributed by atoms with E-state index in [2.05, 4.69) is 16.0 Å². The highest BCUT2D eigenvalue weighted by Crippen LogP contribution is 2.24. The van der Waals surface area contributed by atoms with E-state index in [4.69, 9.17) is 24.4 Å². The molecule has 18 nitrogen and oxygen atoms in total. The van der Waals surface area contributed by atoms with Crippen LogP contribution in [0.1, 0.15) is 13.3 Å². The lowest BCUT2D eigenvalue weighted by atomic mass is 9.88. The molecule has 0 saturated heterocycles. The Morgan fingerprint density at radius 2 is 0.795 bits per heavy atom. The Morgan fingerprint density at radius 3 is 1.05 bits per heavy atom. The highest BCUT2D eigenvalue weighted by molar-refractivity contribution is 4.88. The molecule has 0 rings (SSSR count). The van der Waals surface area contributed by atoms with Crippen LogP contribution in [0, 0.1) is 5.41 Å². The van der Waals surface area contributed by atoms with Crippen LogP contribution in [0.25, 0.3) is 0 Å². The van der Waals surface area contributed by atoms with Crippen LogP contribution in [-0.2, 0) is 14.2 Å². The number of hydrogen-bond acceptors (Lipinski definition) is 18. The molecule has 0 aromatic rings.